The molecule has 2 saturated heterocycles. The van der Waals surface area contributed by atoms with Crippen LogP contribution in [0.4, 0.5) is 8.78 Å². The summed E-state index contributed by atoms with van der Waals surface area (Å²) in [6.07, 6.45) is 2.01. The molecule has 2 aromatic rings. The molecule has 4 rings (SSSR count). The molecule has 1 aromatic carbocycles. The van der Waals surface area contributed by atoms with Gasteiger partial charge in [-0.3, -0.25) is 4.79 Å². The lowest BCUT2D eigenvalue weighted by molar-refractivity contribution is -0.133. The fourth-order valence-electron chi connectivity index (χ4n) is 3.55. The van der Waals surface area contributed by atoms with Gasteiger partial charge in [0.25, 0.3) is 5.92 Å². The molecule has 1 aromatic heterocycles. The number of hydrogen-bond donors (Lipinski definition) is 1. The summed E-state index contributed by atoms with van der Waals surface area (Å²) in [7, 11) is 0. The number of amides is 1. The van der Waals surface area contributed by atoms with Crippen molar-refractivity contribution in [2.45, 2.75) is 30.8 Å². The van der Waals surface area contributed by atoms with Gasteiger partial charge in [-0.15, -0.1) is 5.10 Å². The average Bonchev–Trinajstić information content (AvgIpc) is 3.40. The Bertz CT molecular complexity index is 888. The SMILES string of the molecule is N#Cc1ccc(-c2cn([C@@H]3CN[C@H](C(=O)N4CCC(F)(F)C4)C3)nn2)cc1. The number of nitrogens with zero attached hydrogens (tertiary/aromatic N) is 5. The lowest BCUT2D eigenvalue weighted by Gasteiger charge is -2.20. The maximum atomic E-state index is 13.3. The summed E-state index contributed by atoms with van der Waals surface area (Å²) in [5.41, 5.74) is 2.09. The summed E-state index contributed by atoms with van der Waals surface area (Å²) in [5.74, 6) is -3.06. The summed E-state index contributed by atoms with van der Waals surface area (Å²) in [6, 6.07) is 8.56. The lowest BCUT2D eigenvalue weighted by Crippen LogP contribution is -2.43. The van der Waals surface area contributed by atoms with E-state index in [0.717, 1.165) is 5.56 Å². The third-order valence-electron chi connectivity index (χ3n) is 5.08. The fraction of sp³-hybridized carbons (Fsp3) is 0.444. The topological polar surface area (TPSA) is 86.8 Å². The monoisotopic (exact) mass is 372 g/mol. The van der Waals surface area contributed by atoms with Crippen LogP contribution in [0.3, 0.4) is 0 Å². The minimum absolute atomic E-state index is 0.0679. The largest absolute Gasteiger partial charge is 0.335 e. The Morgan fingerprint density at radius 1 is 1.33 bits per heavy atom. The van der Waals surface area contributed by atoms with E-state index in [4.69, 9.17) is 5.26 Å². The zero-order chi connectivity index (χ0) is 19.0. The summed E-state index contributed by atoms with van der Waals surface area (Å²) >= 11 is 0. The van der Waals surface area contributed by atoms with Crippen LogP contribution in [-0.2, 0) is 4.79 Å². The maximum absolute atomic E-state index is 13.3. The average molecular weight is 372 g/mol. The van der Waals surface area contributed by atoms with Gasteiger partial charge >= 0.3 is 0 Å². The number of carbonyl (C=O) groups excluding carboxylic acids is 1. The van der Waals surface area contributed by atoms with E-state index in [1.807, 2.05) is 0 Å². The van der Waals surface area contributed by atoms with Gasteiger partial charge in [0.1, 0.15) is 5.69 Å². The van der Waals surface area contributed by atoms with Gasteiger partial charge in [0.15, 0.2) is 0 Å². The second-order valence-corrected chi connectivity index (χ2v) is 6.99. The fourth-order valence-corrected chi connectivity index (χ4v) is 3.55. The zero-order valence-corrected chi connectivity index (χ0v) is 14.5. The standard InChI is InChI=1S/C18H18F2N6O/c19-18(20)5-6-25(11-18)17(27)15-7-14(9-22-15)26-10-16(23-24-26)13-3-1-12(8-21)2-4-13/h1-4,10,14-15,22H,5-7,9,11H2/t14-,15-/m0/s1. The number of carbonyl (C=O) groups is 1. The van der Waals surface area contributed by atoms with E-state index in [-0.39, 0.29) is 24.9 Å². The number of rotatable bonds is 3. The van der Waals surface area contributed by atoms with E-state index in [0.29, 0.717) is 24.2 Å². The van der Waals surface area contributed by atoms with Crippen LogP contribution >= 0.6 is 0 Å². The van der Waals surface area contributed by atoms with E-state index >= 15 is 0 Å². The van der Waals surface area contributed by atoms with Crippen LogP contribution in [0.15, 0.2) is 30.5 Å². The Labute approximate surface area is 154 Å². The number of alkyl halides is 2. The number of nitrogens with one attached hydrogen (secondary N) is 1. The van der Waals surface area contributed by atoms with Crippen molar-refractivity contribution in [2.24, 2.45) is 0 Å². The minimum atomic E-state index is -2.78. The van der Waals surface area contributed by atoms with Crippen LogP contribution in [0.1, 0.15) is 24.4 Å². The molecular formula is C18H18F2N6O. The molecule has 0 saturated carbocycles. The van der Waals surface area contributed by atoms with Crippen molar-refractivity contribution in [3.8, 4) is 17.3 Å². The second-order valence-electron chi connectivity index (χ2n) is 6.99. The van der Waals surface area contributed by atoms with Crippen LogP contribution < -0.4 is 5.32 Å². The second kappa shape index (κ2) is 6.70. The third kappa shape index (κ3) is 3.53. The predicted molar refractivity (Wildman–Crippen MR) is 91.8 cm³/mol. The van der Waals surface area contributed by atoms with E-state index in [1.54, 1.807) is 35.1 Å². The summed E-state index contributed by atoms with van der Waals surface area (Å²) < 4.78 is 28.4. The van der Waals surface area contributed by atoms with Crippen molar-refractivity contribution in [1.29, 1.82) is 5.26 Å². The molecule has 2 aliphatic rings. The number of aromatic nitrogens is 3. The van der Waals surface area contributed by atoms with E-state index in [2.05, 4.69) is 21.7 Å². The molecule has 27 heavy (non-hydrogen) atoms. The normalized spacial score (nSPS) is 24.1. The molecule has 0 radical (unpaired) electrons. The van der Waals surface area contributed by atoms with Crippen LogP contribution in [0, 0.1) is 11.3 Å². The molecule has 2 aliphatic heterocycles. The molecule has 0 bridgehead atoms. The quantitative estimate of drug-likeness (QED) is 0.884. The van der Waals surface area contributed by atoms with Crippen LogP contribution in [0.25, 0.3) is 11.3 Å². The Balaban J connectivity index is 1.41. The lowest BCUT2D eigenvalue weighted by atomic mass is 10.1. The third-order valence-corrected chi connectivity index (χ3v) is 5.08. The highest BCUT2D eigenvalue weighted by molar-refractivity contribution is 5.82. The molecule has 3 heterocycles. The molecule has 2 atom stereocenters. The highest BCUT2D eigenvalue weighted by Gasteiger charge is 2.43. The molecule has 0 aliphatic carbocycles. The summed E-state index contributed by atoms with van der Waals surface area (Å²) in [4.78, 5) is 13.7. The molecule has 140 valence electrons. The number of nitriles is 1. The number of benzene rings is 1. The van der Waals surface area contributed by atoms with Gasteiger partial charge in [-0.1, -0.05) is 17.3 Å². The molecular weight excluding hydrogens is 354 g/mol. The van der Waals surface area contributed by atoms with Gasteiger partial charge in [-0.05, 0) is 18.6 Å². The van der Waals surface area contributed by atoms with Crippen LogP contribution in [0.2, 0.25) is 0 Å². The summed E-state index contributed by atoms with van der Waals surface area (Å²) in [5, 5.41) is 20.3. The van der Waals surface area contributed by atoms with Crippen molar-refractivity contribution in [2.75, 3.05) is 19.6 Å². The first-order valence-corrected chi connectivity index (χ1v) is 8.77. The predicted octanol–water partition coefficient (Wildman–Crippen LogP) is 1.59. The molecule has 0 spiro atoms. The van der Waals surface area contributed by atoms with Gasteiger partial charge in [0, 0.05) is 25.1 Å². The maximum Gasteiger partial charge on any atom is 0.267 e. The molecule has 9 heteroatoms. The number of hydrogen-bond acceptors (Lipinski definition) is 5. The highest BCUT2D eigenvalue weighted by atomic mass is 19.3. The zero-order valence-electron chi connectivity index (χ0n) is 14.5. The molecule has 7 nitrogen and oxygen atoms in total. The van der Waals surface area contributed by atoms with Crippen molar-refractivity contribution in [3.63, 3.8) is 0 Å². The molecule has 2 fully saturated rings. The van der Waals surface area contributed by atoms with Gasteiger partial charge in [-0.25, -0.2) is 13.5 Å². The Morgan fingerprint density at radius 3 is 2.78 bits per heavy atom. The first kappa shape index (κ1) is 17.5. The Morgan fingerprint density at radius 2 is 2.11 bits per heavy atom. The smallest absolute Gasteiger partial charge is 0.267 e. The van der Waals surface area contributed by atoms with Gasteiger partial charge < -0.3 is 10.2 Å². The molecule has 1 N–H and O–H groups in total. The van der Waals surface area contributed by atoms with Gasteiger partial charge in [0.05, 0.1) is 36.5 Å². The highest BCUT2D eigenvalue weighted by Crippen LogP contribution is 2.29. The van der Waals surface area contributed by atoms with Crippen molar-refractivity contribution >= 4 is 5.91 Å². The number of likely N-dealkylation sites (tertiary alicyclic amines) is 1. The minimum Gasteiger partial charge on any atom is -0.335 e. The van der Waals surface area contributed by atoms with Crippen molar-refractivity contribution in [3.05, 3.63) is 36.0 Å². The van der Waals surface area contributed by atoms with Crippen molar-refractivity contribution in [1.82, 2.24) is 25.2 Å². The van der Waals surface area contributed by atoms with E-state index in [9.17, 15) is 13.6 Å². The molecule has 0 unspecified atom stereocenters. The van der Waals surface area contributed by atoms with Crippen molar-refractivity contribution < 1.29 is 13.6 Å². The Kier molecular flexibility index (Phi) is 4.36. The first-order chi connectivity index (χ1) is 12.9. The summed E-state index contributed by atoms with van der Waals surface area (Å²) in [6.45, 7) is 0.124. The number of halogens is 2. The van der Waals surface area contributed by atoms with E-state index < -0.39 is 18.5 Å². The van der Waals surface area contributed by atoms with E-state index in [1.165, 1.54) is 4.90 Å². The van der Waals surface area contributed by atoms with Gasteiger partial charge in [0.2, 0.25) is 5.91 Å². The molecule has 1 amide bonds. The Hall–Kier alpha value is -2.86. The van der Waals surface area contributed by atoms with Crippen LogP contribution in [0.5, 0.6) is 0 Å². The van der Waals surface area contributed by atoms with Gasteiger partial charge in [-0.2, -0.15) is 5.26 Å². The first-order valence-electron chi connectivity index (χ1n) is 8.77. The van der Waals surface area contributed by atoms with Crippen LogP contribution in [-0.4, -0.2) is 57.4 Å².